The average molecular weight is 281 g/mol. The molecule has 20 heavy (non-hydrogen) atoms. The summed E-state index contributed by atoms with van der Waals surface area (Å²) < 4.78 is 5.64. The van der Waals surface area contributed by atoms with Gasteiger partial charge in [-0.2, -0.15) is 0 Å². The fraction of sp³-hybridized carbons (Fsp3) is 0.500. The van der Waals surface area contributed by atoms with Gasteiger partial charge in [0.2, 0.25) is 0 Å². The van der Waals surface area contributed by atoms with Crippen LogP contribution in [0.1, 0.15) is 24.2 Å². The van der Waals surface area contributed by atoms with Gasteiger partial charge in [-0.1, -0.05) is 0 Å². The molecular formula is C14H19NO5. The van der Waals surface area contributed by atoms with Crippen LogP contribution in [-0.4, -0.2) is 57.5 Å². The van der Waals surface area contributed by atoms with Crippen molar-refractivity contribution in [2.24, 2.45) is 0 Å². The molecule has 2 rings (SSSR count). The van der Waals surface area contributed by atoms with E-state index in [9.17, 15) is 20.1 Å². The number of hydrogen-bond acceptors (Lipinski definition) is 5. The number of carbonyl (C=O) groups is 1. The SMILES string of the molecule is CC1(C)CN(C(=O)c2ccc(O)cc2O)CC(CO)O1. The van der Waals surface area contributed by atoms with Gasteiger partial charge in [0.15, 0.2) is 0 Å². The zero-order valence-corrected chi connectivity index (χ0v) is 11.5. The van der Waals surface area contributed by atoms with Gasteiger partial charge in [-0.3, -0.25) is 4.79 Å². The molecule has 0 bridgehead atoms. The Morgan fingerprint density at radius 1 is 1.45 bits per heavy atom. The van der Waals surface area contributed by atoms with Gasteiger partial charge in [-0.05, 0) is 26.0 Å². The Morgan fingerprint density at radius 3 is 2.75 bits per heavy atom. The van der Waals surface area contributed by atoms with Crippen molar-refractivity contribution in [3.05, 3.63) is 23.8 Å². The number of morpholine rings is 1. The Bertz CT molecular complexity index is 514. The lowest BCUT2D eigenvalue weighted by atomic mass is 10.0. The molecule has 1 saturated heterocycles. The summed E-state index contributed by atoms with van der Waals surface area (Å²) >= 11 is 0. The number of aromatic hydroxyl groups is 2. The number of benzene rings is 1. The molecule has 6 nitrogen and oxygen atoms in total. The molecular weight excluding hydrogens is 262 g/mol. The van der Waals surface area contributed by atoms with Crippen molar-refractivity contribution >= 4 is 5.91 Å². The maximum Gasteiger partial charge on any atom is 0.257 e. The Labute approximate surface area is 117 Å². The van der Waals surface area contributed by atoms with Crippen molar-refractivity contribution in [2.45, 2.75) is 25.6 Å². The predicted molar refractivity (Wildman–Crippen MR) is 71.7 cm³/mol. The van der Waals surface area contributed by atoms with E-state index in [1.165, 1.54) is 17.0 Å². The van der Waals surface area contributed by atoms with Gasteiger partial charge in [0, 0.05) is 19.2 Å². The maximum atomic E-state index is 12.4. The number of amides is 1. The molecule has 1 atom stereocenters. The highest BCUT2D eigenvalue weighted by atomic mass is 16.5. The monoisotopic (exact) mass is 281 g/mol. The van der Waals surface area contributed by atoms with Gasteiger partial charge < -0.3 is 25.0 Å². The first-order valence-electron chi connectivity index (χ1n) is 6.42. The van der Waals surface area contributed by atoms with E-state index < -0.39 is 11.7 Å². The Kier molecular flexibility index (Phi) is 3.87. The summed E-state index contributed by atoms with van der Waals surface area (Å²) in [7, 11) is 0. The molecule has 1 unspecified atom stereocenters. The topological polar surface area (TPSA) is 90.2 Å². The smallest absolute Gasteiger partial charge is 0.257 e. The number of nitrogens with zero attached hydrogens (tertiary/aromatic N) is 1. The zero-order chi connectivity index (χ0) is 14.9. The normalized spacial score (nSPS) is 21.8. The fourth-order valence-corrected chi connectivity index (χ4v) is 2.42. The second-order valence-corrected chi connectivity index (χ2v) is 5.57. The summed E-state index contributed by atoms with van der Waals surface area (Å²) in [6.45, 7) is 4.13. The molecule has 0 aliphatic carbocycles. The van der Waals surface area contributed by atoms with Crippen molar-refractivity contribution in [3.8, 4) is 11.5 Å². The number of aliphatic hydroxyl groups excluding tert-OH is 1. The van der Waals surface area contributed by atoms with Crippen LogP contribution in [0.5, 0.6) is 11.5 Å². The first-order valence-corrected chi connectivity index (χ1v) is 6.42. The summed E-state index contributed by atoms with van der Waals surface area (Å²) in [4.78, 5) is 14.0. The Hall–Kier alpha value is -1.79. The van der Waals surface area contributed by atoms with E-state index in [-0.39, 0.29) is 36.1 Å². The molecule has 1 aromatic rings. The Morgan fingerprint density at radius 2 is 2.15 bits per heavy atom. The molecule has 1 heterocycles. The molecule has 0 spiro atoms. The molecule has 3 N–H and O–H groups in total. The van der Waals surface area contributed by atoms with Crippen LogP contribution in [0.2, 0.25) is 0 Å². The Balaban J connectivity index is 2.23. The summed E-state index contributed by atoms with van der Waals surface area (Å²) in [6.07, 6.45) is -0.443. The highest BCUT2D eigenvalue weighted by molar-refractivity contribution is 5.97. The predicted octanol–water partition coefficient (Wildman–Crippen LogP) is 0.710. The van der Waals surface area contributed by atoms with Crippen LogP contribution in [-0.2, 0) is 4.74 Å². The second kappa shape index (κ2) is 5.30. The lowest BCUT2D eigenvalue weighted by Gasteiger charge is -2.42. The van der Waals surface area contributed by atoms with E-state index in [0.717, 1.165) is 6.07 Å². The summed E-state index contributed by atoms with van der Waals surface area (Å²) in [5, 5.41) is 28.3. The van der Waals surface area contributed by atoms with E-state index in [1.807, 2.05) is 13.8 Å². The first-order chi connectivity index (χ1) is 9.32. The minimum absolute atomic E-state index is 0.102. The number of rotatable bonds is 2. The number of aliphatic hydroxyl groups is 1. The molecule has 1 amide bonds. The lowest BCUT2D eigenvalue weighted by Crippen LogP contribution is -2.55. The van der Waals surface area contributed by atoms with E-state index >= 15 is 0 Å². The van der Waals surface area contributed by atoms with Gasteiger partial charge in [-0.15, -0.1) is 0 Å². The fourth-order valence-electron chi connectivity index (χ4n) is 2.42. The minimum Gasteiger partial charge on any atom is -0.508 e. The van der Waals surface area contributed by atoms with Gasteiger partial charge in [-0.25, -0.2) is 0 Å². The number of phenols is 2. The van der Waals surface area contributed by atoms with Crippen LogP contribution in [0.25, 0.3) is 0 Å². The number of phenolic OH excluding ortho intramolecular Hbond substituents is 2. The molecule has 0 saturated carbocycles. The zero-order valence-electron chi connectivity index (χ0n) is 11.5. The van der Waals surface area contributed by atoms with Gasteiger partial charge >= 0.3 is 0 Å². The van der Waals surface area contributed by atoms with Crippen molar-refractivity contribution in [2.75, 3.05) is 19.7 Å². The number of ether oxygens (including phenoxy) is 1. The van der Waals surface area contributed by atoms with E-state index in [2.05, 4.69) is 0 Å². The van der Waals surface area contributed by atoms with Gasteiger partial charge in [0.1, 0.15) is 11.5 Å². The van der Waals surface area contributed by atoms with Crippen molar-refractivity contribution in [3.63, 3.8) is 0 Å². The molecule has 1 aliphatic heterocycles. The number of hydrogen-bond donors (Lipinski definition) is 3. The summed E-state index contributed by atoms with van der Waals surface area (Å²) in [5.74, 6) is -0.716. The standard InChI is InChI=1S/C14H19NO5/c1-14(2)8-15(6-10(7-16)20-14)13(19)11-4-3-9(17)5-12(11)18/h3-5,10,16-18H,6-8H2,1-2H3. The quantitative estimate of drug-likeness (QED) is 0.743. The maximum absolute atomic E-state index is 12.4. The van der Waals surface area contributed by atoms with Crippen LogP contribution in [0.4, 0.5) is 0 Å². The van der Waals surface area contributed by atoms with Crippen LogP contribution in [0.15, 0.2) is 18.2 Å². The molecule has 0 aromatic heterocycles. The molecule has 1 aromatic carbocycles. The summed E-state index contributed by atoms with van der Waals surface area (Å²) in [6, 6.07) is 3.85. The van der Waals surface area contributed by atoms with Crippen molar-refractivity contribution < 1.29 is 24.9 Å². The highest BCUT2D eigenvalue weighted by Gasteiger charge is 2.36. The molecule has 1 fully saturated rings. The third-order valence-electron chi connectivity index (χ3n) is 3.18. The van der Waals surface area contributed by atoms with Crippen LogP contribution >= 0.6 is 0 Å². The summed E-state index contributed by atoms with van der Waals surface area (Å²) in [5.41, 5.74) is -0.439. The van der Waals surface area contributed by atoms with Crippen molar-refractivity contribution in [1.82, 2.24) is 4.90 Å². The van der Waals surface area contributed by atoms with Crippen molar-refractivity contribution in [1.29, 1.82) is 0 Å². The highest BCUT2D eigenvalue weighted by Crippen LogP contribution is 2.27. The second-order valence-electron chi connectivity index (χ2n) is 5.57. The van der Waals surface area contributed by atoms with Gasteiger partial charge in [0.05, 0.1) is 23.9 Å². The van der Waals surface area contributed by atoms with E-state index in [4.69, 9.17) is 4.74 Å². The van der Waals surface area contributed by atoms with Crippen LogP contribution < -0.4 is 0 Å². The third kappa shape index (κ3) is 3.02. The molecule has 1 aliphatic rings. The van der Waals surface area contributed by atoms with Crippen LogP contribution in [0, 0.1) is 0 Å². The average Bonchev–Trinajstić information content (AvgIpc) is 2.36. The first kappa shape index (κ1) is 14.6. The lowest BCUT2D eigenvalue weighted by molar-refractivity contribution is -0.139. The van der Waals surface area contributed by atoms with E-state index in [1.54, 1.807) is 0 Å². The third-order valence-corrected chi connectivity index (χ3v) is 3.18. The minimum atomic E-state index is -0.562. The number of carbonyl (C=O) groups excluding carboxylic acids is 1. The molecule has 110 valence electrons. The molecule has 0 radical (unpaired) electrons. The van der Waals surface area contributed by atoms with Gasteiger partial charge in [0.25, 0.3) is 5.91 Å². The molecule has 6 heteroatoms. The largest absolute Gasteiger partial charge is 0.508 e. The van der Waals surface area contributed by atoms with Crippen LogP contribution in [0.3, 0.4) is 0 Å². The van der Waals surface area contributed by atoms with E-state index in [0.29, 0.717) is 6.54 Å².